The number of hydrogen-bond acceptors (Lipinski definition) is 4. The van der Waals surface area contributed by atoms with E-state index in [1.54, 1.807) is 0 Å². The van der Waals surface area contributed by atoms with E-state index in [2.05, 4.69) is 19.1 Å². The van der Waals surface area contributed by atoms with Crippen molar-refractivity contribution in [2.24, 2.45) is 0 Å². The van der Waals surface area contributed by atoms with E-state index < -0.39 is 0 Å². The van der Waals surface area contributed by atoms with Crippen molar-refractivity contribution in [2.75, 3.05) is 24.7 Å². The van der Waals surface area contributed by atoms with Gasteiger partial charge >= 0.3 is 0 Å². The monoisotopic (exact) mass is 407 g/mol. The van der Waals surface area contributed by atoms with Crippen molar-refractivity contribution in [3.05, 3.63) is 53.1 Å². The quantitative estimate of drug-likeness (QED) is 0.774. The predicted octanol–water partition coefficient (Wildman–Crippen LogP) is 1.99. The van der Waals surface area contributed by atoms with Gasteiger partial charge in [-0.2, -0.15) is 0 Å². The predicted molar refractivity (Wildman–Crippen MR) is 112 cm³/mol. The van der Waals surface area contributed by atoms with Crippen molar-refractivity contribution in [1.29, 1.82) is 0 Å². The van der Waals surface area contributed by atoms with Crippen molar-refractivity contribution >= 4 is 17.5 Å². The number of carbonyl (C=O) groups is 2. The molecule has 3 aliphatic rings. The van der Waals surface area contributed by atoms with Crippen molar-refractivity contribution in [3.8, 4) is 11.5 Å². The molecule has 3 aliphatic heterocycles. The zero-order chi connectivity index (χ0) is 20.8. The van der Waals surface area contributed by atoms with Gasteiger partial charge in [0.2, 0.25) is 5.91 Å². The number of hydrogen-bond donors (Lipinski definition) is 1. The van der Waals surface area contributed by atoms with Gasteiger partial charge in [0, 0.05) is 18.4 Å². The fourth-order valence-corrected chi connectivity index (χ4v) is 4.94. The highest BCUT2D eigenvalue weighted by Crippen LogP contribution is 2.36. The molecule has 0 saturated carbocycles. The molecule has 3 heterocycles. The number of aryl methyl sites for hydroxylation is 1. The van der Waals surface area contributed by atoms with Gasteiger partial charge in [0.05, 0.1) is 31.9 Å². The van der Waals surface area contributed by atoms with Gasteiger partial charge < -0.3 is 14.4 Å². The lowest BCUT2D eigenvalue weighted by molar-refractivity contribution is -0.946. The van der Waals surface area contributed by atoms with Crippen LogP contribution < -0.4 is 19.3 Å². The first-order valence-corrected chi connectivity index (χ1v) is 10.7. The summed E-state index contributed by atoms with van der Waals surface area (Å²) in [4.78, 5) is 28.6. The van der Waals surface area contributed by atoms with Crippen LogP contribution in [0.2, 0.25) is 0 Å². The van der Waals surface area contributed by atoms with Crippen molar-refractivity contribution < 1.29 is 24.0 Å². The number of fused-ring (bicyclic) bond motifs is 2. The molecule has 156 valence electrons. The molecule has 1 N–H and O–H groups in total. The Hall–Kier alpha value is -2.86. The van der Waals surface area contributed by atoms with Gasteiger partial charge in [-0.3, -0.25) is 9.59 Å². The van der Waals surface area contributed by atoms with Crippen LogP contribution in [-0.2, 0) is 16.0 Å². The lowest BCUT2D eigenvalue weighted by Gasteiger charge is -2.35. The topological polar surface area (TPSA) is 60.3 Å². The van der Waals surface area contributed by atoms with Crippen molar-refractivity contribution in [3.63, 3.8) is 0 Å². The number of quaternary nitrogens is 1. The minimum absolute atomic E-state index is 0.0940. The summed E-state index contributed by atoms with van der Waals surface area (Å²) in [7, 11) is 0. The van der Waals surface area contributed by atoms with Gasteiger partial charge in [0.1, 0.15) is 6.04 Å². The average molecular weight is 407 g/mol. The third kappa shape index (κ3) is 3.16. The fourth-order valence-electron chi connectivity index (χ4n) is 4.94. The summed E-state index contributed by atoms with van der Waals surface area (Å²) in [5, 5.41) is 0. The molecule has 1 saturated heterocycles. The van der Waals surface area contributed by atoms with Crippen LogP contribution in [0.15, 0.2) is 36.4 Å². The van der Waals surface area contributed by atoms with Crippen LogP contribution in [0.4, 0.5) is 5.69 Å². The van der Waals surface area contributed by atoms with E-state index in [1.807, 2.05) is 31.2 Å². The van der Waals surface area contributed by atoms with Gasteiger partial charge in [-0.15, -0.1) is 0 Å². The molecule has 1 fully saturated rings. The first-order chi connectivity index (χ1) is 14.5. The van der Waals surface area contributed by atoms with E-state index >= 15 is 0 Å². The van der Waals surface area contributed by atoms with E-state index in [9.17, 15) is 9.59 Å². The number of rotatable bonds is 2. The minimum atomic E-state index is -0.349. The first-order valence-electron chi connectivity index (χ1n) is 10.7. The second-order valence-corrected chi connectivity index (χ2v) is 8.50. The SMILES string of the molecule is Cc1ccc(N2C(=O)C[C@@H]([NH+]3CCc4cc5c(cc4[C@H]3C)OCCCO5)C2=O)cc1. The van der Waals surface area contributed by atoms with E-state index in [1.165, 1.54) is 16.0 Å². The lowest BCUT2D eigenvalue weighted by atomic mass is 9.91. The van der Waals surface area contributed by atoms with Crippen molar-refractivity contribution in [2.45, 2.75) is 45.2 Å². The molecule has 0 bridgehead atoms. The highest BCUT2D eigenvalue weighted by Gasteiger charge is 2.48. The van der Waals surface area contributed by atoms with Crippen LogP contribution in [-0.4, -0.2) is 37.6 Å². The number of benzene rings is 2. The molecule has 3 atom stereocenters. The number of ether oxygens (including phenoxy) is 2. The van der Waals surface area contributed by atoms with Gasteiger partial charge in [0.15, 0.2) is 17.5 Å². The van der Waals surface area contributed by atoms with Gasteiger partial charge in [-0.25, -0.2) is 4.90 Å². The molecule has 0 spiro atoms. The highest BCUT2D eigenvalue weighted by molar-refractivity contribution is 6.21. The third-order valence-corrected chi connectivity index (χ3v) is 6.60. The van der Waals surface area contributed by atoms with Crippen LogP contribution in [0.3, 0.4) is 0 Å². The van der Waals surface area contributed by atoms with Crippen LogP contribution in [0.25, 0.3) is 0 Å². The number of imide groups is 1. The summed E-state index contributed by atoms with van der Waals surface area (Å²) in [6.45, 7) is 6.28. The number of carbonyl (C=O) groups excluding carboxylic acids is 2. The Morgan fingerprint density at radius 3 is 2.47 bits per heavy atom. The maximum Gasteiger partial charge on any atom is 0.292 e. The van der Waals surface area contributed by atoms with Crippen LogP contribution >= 0.6 is 0 Å². The fraction of sp³-hybridized carbons (Fsp3) is 0.417. The third-order valence-electron chi connectivity index (χ3n) is 6.60. The van der Waals surface area contributed by atoms with E-state index in [4.69, 9.17) is 9.47 Å². The average Bonchev–Trinajstić information content (AvgIpc) is 2.90. The molecule has 1 unspecified atom stereocenters. The zero-order valence-corrected chi connectivity index (χ0v) is 17.4. The van der Waals surface area contributed by atoms with Crippen LogP contribution in [0, 0.1) is 6.92 Å². The van der Waals surface area contributed by atoms with Gasteiger partial charge in [0.25, 0.3) is 5.91 Å². The maximum absolute atomic E-state index is 13.3. The summed E-state index contributed by atoms with van der Waals surface area (Å²) in [6, 6.07) is 11.5. The Morgan fingerprint density at radius 2 is 1.73 bits per heavy atom. The molecule has 6 nitrogen and oxygen atoms in total. The Labute approximate surface area is 176 Å². The molecule has 30 heavy (non-hydrogen) atoms. The number of anilines is 1. The van der Waals surface area contributed by atoms with Crippen LogP contribution in [0.1, 0.15) is 42.5 Å². The standard InChI is InChI=1S/C24H26N2O4/c1-15-4-6-18(7-5-15)26-23(27)14-20(24(26)28)25-9-8-17-12-21-22(13-19(17)16(25)2)30-11-3-10-29-21/h4-7,12-13,16,20H,3,8-11,14H2,1-2H3/p+1/t16-,20-/m1/s1. The normalized spacial score (nSPS) is 25.8. The Bertz CT molecular complexity index is 1000. The van der Waals surface area contributed by atoms with E-state index in [-0.39, 0.29) is 30.3 Å². The van der Waals surface area contributed by atoms with Crippen molar-refractivity contribution in [1.82, 2.24) is 0 Å². The lowest BCUT2D eigenvalue weighted by Crippen LogP contribution is -3.17. The molecule has 5 rings (SSSR count). The largest absolute Gasteiger partial charge is 0.490 e. The van der Waals surface area contributed by atoms with E-state index in [0.29, 0.717) is 18.9 Å². The summed E-state index contributed by atoms with van der Waals surface area (Å²) < 4.78 is 11.7. The Kier molecular flexibility index (Phi) is 4.74. The number of nitrogens with zero attached hydrogens (tertiary/aromatic N) is 1. The molecule has 0 aliphatic carbocycles. The highest BCUT2D eigenvalue weighted by atomic mass is 16.5. The smallest absolute Gasteiger partial charge is 0.292 e. The second-order valence-electron chi connectivity index (χ2n) is 8.50. The summed E-state index contributed by atoms with van der Waals surface area (Å²) in [6.07, 6.45) is 1.99. The Morgan fingerprint density at radius 1 is 1.03 bits per heavy atom. The maximum atomic E-state index is 13.3. The molecular weight excluding hydrogens is 380 g/mol. The molecule has 2 aromatic rings. The molecule has 2 aromatic carbocycles. The molecule has 0 aromatic heterocycles. The number of amides is 2. The Balaban J connectivity index is 1.42. The molecule has 6 heteroatoms. The summed E-state index contributed by atoms with van der Waals surface area (Å²) >= 11 is 0. The molecular formula is C24H27N2O4+. The molecule has 2 amide bonds. The second kappa shape index (κ2) is 7.43. The van der Waals surface area contributed by atoms with Crippen LogP contribution in [0.5, 0.6) is 11.5 Å². The zero-order valence-electron chi connectivity index (χ0n) is 17.4. The summed E-state index contributed by atoms with van der Waals surface area (Å²) in [5.41, 5.74) is 4.21. The van der Waals surface area contributed by atoms with Gasteiger partial charge in [-0.05, 0) is 43.7 Å². The molecule has 0 radical (unpaired) electrons. The van der Waals surface area contributed by atoms with E-state index in [0.717, 1.165) is 41.3 Å². The number of nitrogens with one attached hydrogen (secondary N) is 1. The minimum Gasteiger partial charge on any atom is -0.490 e. The van der Waals surface area contributed by atoms with Gasteiger partial charge in [-0.1, -0.05) is 17.7 Å². The summed E-state index contributed by atoms with van der Waals surface area (Å²) in [5.74, 6) is 1.40. The first kappa shape index (κ1) is 19.1.